The molecule has 2 fully saturated rings. The molecule has 2 aliphatic rings. The minimum atomic E-state index is -0.916. The third-order valence-electron chi connectivity index (χ3n) is 4.03. The summed E-state index contributed by atoms with van der Waals surface area (Å²) in [5, 5.41) is 9.15. The molecule has 0 aromatic carbocycles. The third-order valence-corrected chi connectivity index (χ3v) is 4.03. The van der Waals surface area contributed by atoms with Crippen LogP contribution < -0.4 is 0 Å². The average molecular weight is 286 g/mol. The molecular formula is C13H22N2O5. The van der Waals surface area contributed by atoms with Gasteiger partial charge in [0.1, 0.15) is 5.92 Å². The lowest BCUT2D eigenvalue weighted by Crippen LogP contribution is -2.54. The number of nitrogens with zero attached hydrogens (tertiary/aromatic N) is 2. The maximum Gasteiger partial charge on any atom is 0.320 e. The predicted octanol–water partition coefficient (Wildman–Crippen LogP) is 0.249. The summed E-state index contributed by atoms with van der Waals surface area (Å²) in [5.74, 6) is -1.56. The van der Waals surface area contributed by atoms with Gasteiger partial charge in [-0.15, -0.1) is 0 Å². The highest BCUT2D eigenvalue weighted by Crippen LogP contribution is 2.21. The van der Waals surface area contributed by atoms with Crippen molar-refractivity contribution in [1.82, 2.24) is 9.80 Å². The van der Waals surface area contributed by atoms with Crippen LogP contribution >= 0.6 is 0 Å². The SMILES string of the molecule is CCC1CN(C(=O)N(C)C2COCC2C(=O)O)CCO1. The molecule has 7 heteroatoms. The highest BCUT2D eigenvalue weighted by Gasteiger charge is 2.40. The predicted molar refractivity (Wildman–Crippen MR) is 70.5 cm³/mol. The number of rotatable bonds is 3. The molecule has 3 unspecified atom stereocenters. The summed E-state index contributed by atoms with van der Waals surface area (Å²) in [6.07, 6.45) is 0.925. The molecule has 2 rings (SSSR count). The standard InChI is InChI=1S/C13H22N2O5/c1-3-9-6-15(4-5-20-9)13(18)14(2)11-8-19-7-10(11)12(16)17/h9-11H,3-8H2,1-2H3,(H,16,17). The van der Waals surface area contributed by atoms with Crippen LogP contribution in [0.3, 0.4) is 0 Å². The lowest BCUT2D eigenvalue weighted by Gasteiger charge is -2.37. The largest absolute Gasteiger partial charge is 0.481 e. The van der Waals surface area contributed by atoms with Crippen molar-refractivity contribution >= 4 is 12.0 Å². The van der Waals surface area contributed by atoms with Gasteiger partial charge in [-0.1, -0.05) is 6.92 Å². The first kappa shape index (κ1) is 15.1. The highest BCUT2D eigenvalue weighted by molar-refractivity contribution is 5.77. The quantitative estimate of drug-likeness (QED) is 0.804. The summed E-state index contributed by atoms with van der Waals surface area (Å²) in [5.41, 5.74) is 0. The van der Waals surface area contributed by atoms with E-state index < -0.39 is 17.9 Å². The maximum absolute atomic E-state index is 12.5. The molecule has 1 N–H and O–H groups in total. The zero-order valence-electron chi connectivity index (χ0n) is 11.9. The lowest BCUT2D eigenvalue weighted by atomic mass is 10.0. The molecule has 0 bridgehead atoms. The third kappa shape index (κ3) is 3.04. The van der Waals surface area contributed by atoms with E-state index in [9.17, 15) is 9.59 Å². The van der Waals surface area contributed by atoms with Crippen molar-refractivity contribution in [3.8, 4) is 0 Å². The van der Waals surface area contributed by atoms with Gasteiger partial charge >= 0.3 is 12.0 Å². The molecular weight excluding hydrogens is 264 g/mol. The Bertz CT molecular complexity index is 376. The molecule has 2 heterocycles. The topological polar surface area (TPSA) is 79.3 Å². The van der Waals surface area contributed by atoms with Gasteiger partial charge in [-0.25, -0.2) is 4.79 Å². The Morgan fingerprint density at radius 1 is 1.40 bits per heavy atom. The fourth-order valence-corrected chi connectivity index (χ4v) is 2.67. The Balaban J connectivity index is 1.99. The summed E-state index contributed by atoms with van der Waals surface area (Å²) >= 11 is 0. The van der Waals surface area contributed by atoms with Crippen molar-refractivity contribution in [2.75, 3.05) is 40.0 Å². The van der Waals surface area contributed by atoms with Gasteiger partial charge in [0.25, 0.3) is 0 Å². The van der Waals surface area contributed by atoms with E-state index in [1.54, 1.807) is 11.9 Å². The highest BCUT2D eigenvalue weighted by atomic mass is 16.5. The Morgan fingerprint density at radius 3 is 2.80 bits per heavy atom. The number of carboxylic acid groups (broad SMARTS) is 1. The van der Waals surface area contributed by atoms with Crippen molar-refractivity contribution in [1.29, 1.82) is 0 Å². The van der Waals surface area contributed by atoms with Crippen molar-refractivity contribution in [3.05, 3.63) is 0 Å². The van der Waals surface area contributed by atoms with E-state index in [0.29, 0.717) is 19.7 Å². The number of ether oxygens (including phenoxy) is 2. The van der Waals surface area contributed by atoms with Crippen molar-refractivity contribution in [3.63, 3.8) is 0 Å². The first-order valence-corrected chi connectivity index (χ1v) is 6.98. The monoisotopic (exact) mass is 286 g/mol. The minimum Gasteiger partial charge on any atom is -0.481 e. The van der Waals surface area contributed by atoms with Gasteiger partial charge in [0.05, 0.1) is 32.0 Å². The molecule has 0 saturated carbocycles. The van der Waals surface area contributed by atoms with Crippen LogP contribution in [-0.2, 0) is 14.3 Å². The molecule has 0 spiro atoms. The minimum absolute atomic E-state index is 0.0659. The van der Waals surface area contributed by atoms with E-state index in [1.807, 2.05) is 6.92 Å². The molecule has 2 saturated heterocycles. The zero-order valence-corrected chi connectivity index (χ0v) is 11.9. The second kappa shape index (κ2) is 6.41. The van der Waals surface area contributed by atoms with Crippen LogP contribution in [0.2, 0.25) is 0 Å². The summed E-state index contributed by atoms with van der Waals surface area (Å²) in [6, 6.07) is -0.545. The summed E-state index contributed by atoms with van der Waals surface area (Å²) in [7, 11) is 1.65. The van der Waals surface area contributed by atoms with Crippen molar-refractivity contribution < 1.29 is 24.2 Å². The van der Waals surface area contributed by atoms with Gasteiger partial charge < -0.3 is 24.4 Å². The van der Waals surface area contributed by atoms with Crippen molar-refractivity contribution in [2.24, 2.45) is 5.92 Å². The van der Waals surface area contributed by atoms with E-state index in [1.165, 1.54) is 4.90 Å². The molecule has 2 aliphatic heterocycles. The second-order valence-electron chi connectivity index (χ2n) is 5.29. The molecule has 20 heavy (non-hydrogen) atoms. The number of hydrogen-bond acceptors (Lipinski definition) is 4. The van der Waals surface area contributed by atoms with Crippen LogP contribution in [0.4, 0.5) is 4.79 Å². The van der Waals surface area contributed by atoms with Gasteiger partial charge in [-0.05, 0) is 6.42 Å². The number of carbonyl (C=O) groups is 2. The Labute approximate surface area is 118 Å². The Kier molecular flexibility index (Phi) is 4.82. The number of carboxylic acids is 1. The zero-order chi connectivity index (χ0) is 14.7. The molecule has 0 radical (unpaired) electrons. The smallest absolute Gasteiger partial charge is 0.320 e. The fraction of sp³-hybridized carbons (Fsp3) is 0.846. The first-order valence-electron chi connectivity index (χ1n) is 6.98. The van der Waals surface area contributed by atoms with Crippen LogP contribution in [0, 0.1) is 5.92 Å². The van der Waals surface area contributed by atoms with Gasteiger partial charge in [0, 0.05) is 20.1 Å². The van der Waals surface area contributed by atoms with E-state index >= 15 is 0 Å². The van der Waals surface area contributed by atoms with Crippen LogP contribution in [0.1, 0.15) is 13.3 Å². The molecule has 3 atom stereocenters. The van der Waals surface area contributed by atoms with Gasteiger partial charge in [-0.3, -0.25) is 4.79 Å². The number of amides is 2. The number of morpholine rings is 1. The summed E-state index contributed by atoms with van der Waals surface area (Å²) in [6.45, 7) is 4.10. The molecule has 114 valence electrons. The van der Waals surface area contributed by atoms with Gasteiger partial charge in [-0.2, -0.15) is 0 Å². The van der Waals surface area contributed by atoms with Crippen molar-refractivity contribution in [2.45, 2.75) is 25.5 Å². The maximum atomic E-state index is 12.5. The molecule has 2 amide bonds. The lowest BCUT2D eigenvalue weighted by molar-refractivity contribution is -0.142. The summed E-state index contributed by atoms with van der Waals surface area (Å²) in [4.78, 5) is 26.9. The van der Waals surface area contributed by atoms with Crippen LogP contribution in [0.25, 0.3) is 0 Å². The van der Waals surface area contributed by atoms with Crippen LogP contribution in [0.5, 0.6) is 0 Å². The van der Waals surface area contributed by atoms with E-state index in [4.69, 9.17) is 14.6 Å². The van der Waals surface area contributed by atoms with Crippen LogP contribution in [0.15, 0.2) is 0 Å². The van der Waals surface area contributed by atoms with E-state index in [2.05, 4.69) is 0 Å². The second-order valence-corrected chi connectivity index (χ2v) is 5.29. The summed E-state index contributed by atoms with van der Waals surface area (Å²) < 4.78 is 10.8. The van der Waals surface area contributed by atoms with Gasteiger partial charge in [0.2, 0.25) is 0 Å². The molecule has 0 aliphatic carbocycles. The van der Waals surface area contributed by atoms with E-state index in [0.717, 1.165) is 6.42 Å². The Morgan fingerprint density at radius 2 is 2.15 bits per heavy atom. The average Bonchev–Trinajstić information content (AvgIpc) is 2.95. The van der Waals surface area contributed by atoms with Gasteiger partial charge in [0.15, 0.2) is 0 Å². The number of carbonyl (C=O) groups excluding carboxylic acids is 1. The Hall–Kier alpha value is -1.34. The van der Waals surface area contributed by atoms with Crippen LogP contribution in [-0.4, -0.2) is 79.0 Å². The number of urea groups is 1. The number of hydrogen-bond donors (Lipinski definition) is 1. The molecule has 0 aromatic rings. The fourth-order valence-electron chi connectivity index (χ4n) is 2.67. The number of aliphatic carboxylic acids is 1. The first-order chi connectivity index (χ1) is 9.54. The normalized spacial score (nSPS) is 30.3. The molecule has 0 aromatic heterocycles. The van der Waals surface area contributed by atoms with E-state index in [-0.39, 0.29) is 25.3 Å². The molecule has 7 nitrogen and oxygen atoms in total. The number of likely N-dealkylation sites (N-methyl/N-ethyl adjacent to an activating group) is 1.